The van der Waals surface area contributed by atoms with Gasteiger partial charge in [-0.3, -0.25) is 0 Å². The molecule has 0 aliphatic carbocycles. The van der Waals surface area contributed by atoms with Gasteiger partial charge in [0, 0.05) is 12.2 Å². The third-order valence-corrected chi connectivity index (χ3v) is 3.35. The first-order valence-corrected chi connectivity index (χ1v) is 6.11. The predicted molar refractivity (Wildman–Crippen MR) is 68.4 cm³/mol. The first-order chi connectivity index (χ1) is 8.25. The Labute approximate surface area is 101 Å². The second kappa shape index (κ2) is 4.00. The maximum Gasteiger partial charge on any atom is 0.0684 e. The van der Waals surface area contributed by atoms with Gasteiger partial charge in [-0.05, 0) is 50.1 Å². The summed E-state index contributed by atoms with van der Waals surface area (Å²) < 4.78 is 2.07. The fourth-order valence-corrected chi connectivity index (χ4v) is 2.58. The molecule has 0 amide bonds. The lowest BCUT2D eigenvalue weighted by molar-refractivity contribution is 0.637. The summed E-state index contributed by atoms with van der Waals surface area (Å²) >= 11 is 0. The van der Waals surface area contributed by atoms with E-state index in [-0.39, 0.29) is 0 Å². The van der Waals surface area contributed by atoms with Gasteiger partial charge in [0.1, 0.15) is 0 Å². The molecule has 0 unspecified atom stereocenters. The minimum absolute atomic E-state index is 0.975. The van der Waals surface area contributed by atoms with E-state index in [0.29, 0.717) is 0 Å². The number of hydrogen-bond donors (Lipinski definition) is 1. The molecule has 1 N–H and O–H groups in total. The molecular formula is C14H17N3. The summed E-state index contributed by atoms with van der Waals surface area (Å²) in [6.45, 7) is 6.19. The van der Waals surface area contributed by atoms with Gasteiger partial charge in [-0.15, -0.1) is 0 Å². The highest BCUT2D eigenvalue weighted by Gasteiger charge is 2.15. The normalized spacial score (nSPS) is 14.7. The molecule has 0 bridgehead atoms. The summed E-state index contributed by atoms with van der Waals surface area (Å²) in [5.41, 5.74) is 6.37. The van der Waals surface area contributed by atoms with E-state index in [1.54, 1.807) is 0 Å². The molecule has 3 rings (SSSR count). The van der Waals surface area contributed by atoms with Crippen LogP contribution in [0.2, 0.25) is 0 Å². The average Bonchev–Trinajstić information content (AvgIpc) is 2.68. The van der Waals surface area contributed by atoms with Crippen LogP contribution in [0.25, 0.3) is 5.69 Å². The zero-order valence-corrected chi connectivity index (χ0v) is 10.3. The molecule has 1 aromatic carbocycles. The largest absolute Gasteiger partial charge is 0.312 e. The van der Waals surface area contributed by atoms with Crippen LogP contribution in [0.1, 0.15) is 22.5 Å². The van der Waals surface area contributed by atoms with E-state index in [9.17, 15) is 0 Å². The van der Waals surface area contributed by atoms with Gasteiger partial charge in [0.2, 0.25) is 0 Å². The highest BCUT2D eigenvalue weighted by molar-refractivity contribution is 5.47. The number of hydrogen-bond acceptors (Lipinski definition) is 2. The molecule has 0 atom stereocenters. The predicted octanol–water partition coefficient (Wildman–Crippen LogP) is 2.13. The van der Waals surface area contributed by atoms with Crippen LogP contribution in [0.4, 0.5) is 0 Å². The molecule has 0 fully saturated rings. The third-order valence-electron chi connectivity index (χ3n) is 3.35. The van der Waals surface area contributed by atoms with E-state index in [1.807, 2.05) is 6.92 Å². The van der Waals surface area contributed by atoms with Crippen LogP contribution in [-0.2, 0) is 13.0 Å². The Hall–Kier alpha value is -1.61. The van der Waals surface area contributed by atoms with Gasteiger partial charge in [0.15, 0.2) is 0 Å². The molecule has 1 aliphatic rings. The highest BCUT2D eigenvalue weighted by Crippen LogP contribution is 2.23. The van der Waals surface area contributed by atoms with Gasteiger partial charge < -0.3 is 5.32 Å². The van der Waals surface area contributed by atoms with Crippen molar-refractivity contribution in [2.24, 2.45) is 0 Å². The van der Waals surface area contributed by atoms with E-state index in [4.69, 9.17) is 0 Å². The molecule has 0 radical (unpaired) electrons. The summed E-state index contributed by atoms with van der Waals surface area (Å²) in [7, 11) is 0. The zero-order chi connectivity index (χ0) is 11.8. The van der Waals surface area contributed by atoms with Crippen molar-refractivity contribution in [3.63, 3.8) is 0 Å². The van der Waals surface area contributed by atoms with E-state index < -0.39 is 0 Å². The molecule has 0 saturated heterocycles. The number of fused-ring (bicyclic) bond motifs is 1. The van der Waals surface area contributed by atoms with Crippen LogP contribution in [0.15, 0.2) is 24.3 Å². The summed E-state index contributed by atoms with van der Waals surface area (Å²) in [6, 6.07) is 8.62. The number of rotatable bonds is 1. The summed E-state index contributed by atoms with van der Waals surface area (Å²) in [5, 5.41) is 7.99. The van der Waals surface area contributed by atoms with Gasteiger partial charge in [0.05, 0.1) is 11.4 Å². The van der Waals surface area contributed by atoms with Gasteiger partial charge in [-0.1, -0.05) is 12.1 Å². The first-order valence-electron chi connectivity index (χ1n) is 6.11. The Morgan fingerprint density at radius 2 is 2.18 bits per heavy atom. The molecule has 1 aromatic heterocycles. The SMILES string of the molecule is Cc1cc(C)n(-c2cccc3c2CCNC3)n1. The van der Waals surface area contributed by atoms with Crippen molar-refractivity contribution >= 4 is 0 Å². The topological polar surface area (TPSA) is 29.9 Å². The van der Waals surface area contributed by atoms with Crippen molar-refractivity contribution in [2.75, 3.05) is 6.54 Å². The second-order valence-corrected chi connectivity index (χ2v) is 4.68. The highest BCUT2D eigenvalue weighted by atomic mass is 15.3. The Morgan fingerprint density at radius 1 is 1.29 bits per heavy atom. The van der Waals surface area contributed by atoms with Gasteiger partial charge in [-0.25, -0.2) is 4.68 Å². The summed E-state index contributed by atoms with van der Waals surface area (Å²) in [5.74, 6) is 0. The molecule has 0 saturated carbocycles. The lowest BCUT2D eigenvalue weighted by Crippen LogP contribution is -2.25. The molecule has 3 heteroatoms. The number of nitrogens with one attached hydrogen (secondary N) is 1. The fourth-order valence-electron chi connectivity index (χ4n) is 2.58. The molecule has 17 heavy (non-hydrogen) atoms. The minimum Gasteiger partial charge on any atom is -0.312 e. The second-order valence-electron chi connectivity index (χ2n) is 4.68. The summed E-state index contributed by atoms with van der Waals surface area (Å²) in [4.78, 5) is 0. The Bertz CT molecular complexity index is 555. The molecule has 3 nitrogen and oxygen atoms in total. The smallest absolute Gasteiger partial charge is 0.0684 e. The maximum absolute atomic E-state index is 4.58. The molecule has 88 valence electrons. The van der Waals surface area contributed by atoms with Crippen LogP contribution >= 0.6 is 0 Å². The van der Waals surface area contributed by atoms with Crippen LogP contribution in [0, 0.1) is 13.8 Å². The Balaban J connectivity index is 2.17. The number of aryl methyl sites for hydroxylation is 2. The van der Waals surface area contributed by atoms with Crippen molar-refractivity contribution in [3.8, 4) is 5.69 Å². The minimum atomic E-state index is 0.975. The quantitative estimate of drug-likeness (QED) is 0.809. The third kappa shape index (κ3) is 1.76. The monoisotopic (exact) mass is 227 g/mol. The molecule has 0 spiro atoms. The van der Waals surface area contributed by atoms with Crippen LogP contribution in [0.3, 0.4) is 0 Å². The fraction of sp³-hybridized carbons (Fsp3) is 0.357. The summed E-state index contributed by atoms with van der Waals surface area (Å²) in [6.07, 6.45) is 1.09. The van der Waals surface area contributed by atoms with Crippen molar-refractivity contribution in [3.05, 3.63) is 46.8 Å². The van der Waals surface area contributed by atoms with Crippen molar-refractivity contribution in [1.82, 2.24) is 15.1 Å². The van der Waals surface area contributed by atoms with E-state index in [1.165, 1.54) is 22.5 Å². The standard InChI is InChI=1S/C14H17N3/c1-10-8-11(2)17(16-10)14-5-3-4-12-9-15-7-6-13(12)14/h3-5,8,15H,6-7,9H2,1-2H3. The number of benzene rings is 1. The maximum atomic E-state index is 4.58. The zero-order valence-electron chi connectivity index (χ0n) is 10.3. The average molecular weight is 227 g/mol. The van der Waals surface area contributed by atoms with E-state index in [2.05, 4.69) is 46.3 Å². The van der Waals surface area contributed by atoms with Crippen molar-refractivity contribution in [2.45, 2.75) is 26.8 Å². The van der Waals surface area contributed by atoms with Crippen molar-refractivity contribution in [1.29, 1.82) is 0 Å². The first kappa shape index (κ1) is 10.5. The van der Waals surface area contributed by atoms with Crippen molar-refractivity contribution < 1.29 is 0 Å². The number of aromatic nitrogens is 2. The van der Waals surface area contributed by atoms with E-state index in [0.717, 1.165) is 25.2 Å². The van der Waals surface area contributed by atoms with Gasteiger partial charge in [0.25, 0.3) is 0 Å². The van der Waals surface area contributed by atoms with Crippen LogP contribution < -0.4 is 5.32 Å². The van der Waals surface area contributed by atoms with Crippen LogP contribution in [-0.4, -0.2) is 16.3 Å². The van der Waals surface area contributed by atoms with Gasteiger partial charge in [-0.2, -0.15) is 5.10 Å². The molecule has 2 heterocycles. The Kier molecular flexibility index (Phi) is 2.48. The lowest BCUT2D eigenvalue weighted by atomic mass is 9.99. The molecule has 1 aliphatic heterocycles. The number of nitrogens with zero attached hydrogens (tertiary/aromatic N) is 2. The lowest BCUT2D eigenvalue weighted by Gasteiger charge is -2.20. The Morgan fingerprint density at radius 3 is 2.94 bits per heavy atom. The molecule has 2 aromatic rings. The van der Waals surface area contributed by atoms with Gasteiger partial charge >= 0.3 is 0 Å². The molecular weight excluding hydrogens is 210 g/mol. The van der Waals surface area contributed by atoms with Crippen LogP contribution in [0.5, 0.6) is 0 Å². The van der Waals surface area contributed by atoms with E-state index >= 15 is 0 Å².